The SMILES string of the molecule is CC.CC.CCCNCc1cc[nH]c(=O)c1. The largest absolute Gasteiger partial charge is 0.329 e. The molecule has 0 fully saturated rings. The van der Waals surface area contributed by atoms with Gasteiger partial charge >= 0.3 is 0 Å². The van der Waals surface area contributed by atoms with Gasteiger partial charge in [-0.05, 0) is 24.6 Å². The first-order valence-corrected chi connectivity index (χ1v) is 6.21. The minimum absolute atomic E-state index is 0.0363. The quantitative estimate of drug-likeness (QED) is 0.775. The van der Waals surface area contributed by atoms with Crippen LogP contribution in [0.25, 0.3) is 0 Å². The lowest BCUT2D eigenvalue weighted by Gasteiger charge is -2.01. The topological polar surface area (TPSA) is 44.9 Å². The fourth-order valence-electron chi connectivity index (χ4n) is 1.01. The second kappa shape index (κ2) is 13.9. The summed E-state index contributed by atoms with van der Waals surface area (Å²) in [4.78, 5) is 13.4. The van der Waals surface area contributed by atoms with E-state index in [1.165, 1.54) is 0 Å². The molecule has 0 aromatic carbocycles. The summed E-state index contributed by atoms with van der Waals surface area (Å²) in [5.41, 5.74) is 0.998. The fourth-order valence-corrected chi connectivity index (χ4v) is 1.01. The number of H-pyrrole nitrogens is 1. The van der Waals surface area contributed by atoms with Crippen LogP contribution >= 0.6 is 0 Å². The molecule has 1 aromatic rings. The Hall–Kier alpha value is -1.09. The summed E-state index contributed by atoms with van der Waals surface area (Å²) in [7, 11) is 0. The van der Waals surface area contributed by atoms with Crippen molar-refractivity contribution in [3.8, 4) is 0 Å². The third-order valence-corrected chi connectivity index (χ3v) is 1.60. The zero-order chi connectivity index (χ0) is 12.8. The molecule has 2 N–H and O–H groups in total. The van der Waals surface area contributed by atoms with Gasteiger partial charge in [0.15, 0.2) is 0 Å². The molecule has 0 saturated carbocycles. The van der Waals surface area contributed by atoms with Crippen molar-refractivity contribution in [2.75, 3.05) is 6.54 Å². The van der Waals surface area contributed by atoms with E-state index in [0.717, 1.165) is 25.1 Å². The van der Waals surface area contributed by atoms with Gasteiger partial charge in [0.05, 0.1) is 0 Å². The van der Waals surface area contributed by atoms with E-state index in [4.69, 9.17) is 0 Å². The second-order valence-corrected chi connectivity index (χ2v) is 2.74. The molecule has 0 spiro atoms. The zero-order valence-corrected chi connectivity index (χ0v) is 11.3. The molecule has 1 heterocycles. The van der Waals surface area contributed by atoms with Crippen molar-refractivity contribution in [2.45, 2.75) is 47.6 Å². The van der Waals surface area contributed by atoms with Crippen molar-refractivity contribution in [1.82, 2.24) is 10.3 Å². The number of aromatic nitrogens is 1. The van der Waals surface area contributed by atoms with E-state index in [0.29, 0.717) is 0 Å². The van der Waals surface area contributed by atoms with Crippen molar-refractivity contribution < 1.29 is 0 Å². The van der Waals surface area contributed by atoms with Gasteiger partial charge in [0.2, 0.25) is 5.56 Å². The number of hydrogen-bond acceptors (Lipinski definition) is 2. The fraction of sp³-hybridized carbons (Fsp3) is 0.615. The summed E-state index contributed by atoms with van der Waals surface area (Å²) in [6.07, 6.45) is 2.79. The van der Waals surface area contributed by atoms with E-state index < -0.39 is 0 Å². The van der Waals surface area contributed by atoms with Gasteiger partial charge in [0, 0.05) is 18.8 Å². The first-order chi connectivity index (χ1) is 7.83. The lowest BCUT2D eigenvalue weighted by molar-refractivity contribution is 0.674. The maximum absolute atomic E-state index is 10.8. The highest BCUT2D eigenvalue weighted by molar-refractivity contribution is 5.09. The van der Waals surface area contributed by atoms with E-state index in [-0.39, 0.29) is 5.56 Å². The highest BCUT2D eigenvalue weighted by Gasteiger charge is 1.91. The Morgan fingerprint density at radius 2 is 1.88 bits per heavy atom. The van der Waals surface area contributed by atoms with Gasteiger partial charge in [-0.3, -0.25) is 4.79 Å². The molecule has 0 atom stereocenters. The van der Waals surface area contributed by atoms with E-state index >= 15 is 0 Å². The third-order valence-electron chi connectivity index (χ3n) is 1.60. The molecule has 1 aromatic heterocycles. The van der Waals surface area contributed by atoms with Gasteiger partial charge in [-0.15, -0.1) is 0 Å². The minimum atomic E-state index is -0.0363. The van der Waals surface area contributed by atoms with Gasteiger partial charge in [-0.1, -0.05) is 34.6 Å². The number of nitrogens with one attached hydrogen (secondary N) is 2. The van der Waals surface area contributed by atoms with Gasteiger partial charge in [-0.25, -0.2) is 0 Å². The van der Waals surface area contributed by atoms with Gasteiger partial charge in [0.25, 0.3) is 0 Å². The molecule has 0 aliphatic rings. The van der Waals surface area contributed by atoms with Crippen LogP contribution in [-0.4, -0.2) is 11.5 Å². The van der Waals surface area contributed by atoms with Crippen LogP contribution in [-0.2, 0) is 6.54 Å². The molecule has 0 radical (unpaired) electrons. The van der Waals surface area contributed by atoms with Crippen LogP contribution in [0.15, 0.2) is 23.1 Å². The summed E-state index contributed by atoms with van der Waals surface area (Å²) >= 11 is 0. The highest BCUT2D eigenvalue weighted by Crippen LogP contribution is 1.91. The lowest BCUT2D eigenvalue weighted by Crippen LogP contribution is -2.15. The van der Waals surface area contributed by atoms with Crippen LogP contribution in [0.1, 0.15) is 46.6 Å². The number of aromatic amines is 1. The van der Waals surface area contributed by atoms with E-state index in [1.807, 2.05) is 33.8 Å². The van der Waals surface area contributed by atoms with Gasteiger partial charge in [0.1, 0.15) is 0 Å². The Morgan fingerprint density at radius 1 is 1.25 bits per heavy atom. The number of pyridine rings is 1. The van der Waals surface area contributed by atoms with Crippen molar-refractivity contribution in [3.05, 3.63) is 34.2 Å². The smallest absolute Gasteiger partial charge is 0.248 e. The second-order valence-electron chi connectivity index (χ2n) is 2.74. The highest BCUT2D eigenvalue weighted by atomic mass is 16.1. The molecule has 16 heavy (non-hydrogen) atoms. The summed E-state index contributed by atoms with van der Waals surface area (Å²) in [5, 5.41) is 3.23. The molecule has 0 unspecified atom stereocenters. The maximum atomic E-state index is 10.8. The van der Waals surface area contributed by atoms with Crippen molar-refractivity contribution in [3.63, 3.8) is 0 Å². The number of hydrogen-bond donors (Lipinski definition) is 2. The predicted octanol–water partition coefficient (Wildman–Crippen LogP) is 2.93. The molecule has 3 heteroatoms. The van der Waals surface area contributed by atoms with Gasteiger partial charge < -0.3 is 10.3 Å². The average molecular weight is 226 g/mol. The zero-order valence-electron chi connectivity index (χ0n) is 11.3. The molecular formula is C13H26N2O. The summed E-state index contributed by atoms with van der Waals surface area (Å²) < 4.78 is 0. The van der Waals surface area contributed by atoms with Crippen molar-refractivity contribution in [2.24, 2.45) is 0 Å². The third kappa shape index (κ3) is 9.46. The lowest BCUT2D eigenvalue weighted by atomic mass is 10.2. The molecule has 0 aliphatic heterocycles. The van der Waals surface area contributed by atoms with E-state index in [2.05, 4.69) is 17.2 Å². The van der Waals surface area contributed by atoms with Gasteiger partial charge in [-0.2, -0.15) is 0 Å². The minimum Gasteiger partial charge on any atom is -0.329 e. The molecule has 0 amide bonds. The summed E-state index contributed by atoms with van der Waals surface area (Å²) in [6, 6.07) is 3.52. The Bertz CT molecular complexity index is 281. The van der Waals surface area contributed by atoms with Crippen LogP contribution in [0.4, 0.5) is 0 Å². The Balaban J connectivity index is 0. The van der Waals surface area contributed by atoms with Crippen LogP contribution in [0.3, 0.4) is 0 Å². The normalized spacial score (nSPS) is 8.31. The molecule has 0 saturated heterocycles. The molecule has 0 bridgehead atoms. The number of rotatable bonds is 4. The van der Waals surface area contributed by atoms with Crippen LogP contribution in [0.2, 0.25) is 0 Å². The van der Waals surface area contributed by atoms with Crippen molar-refractivity contribution in [1.29, 1.82) is 0 Å². The first kappa shape index (κ1) is 17.3. The predicted molar refractivity (Wildman–Crippen MR) is 71.8 cm³/mol. The average Bonchev–Trinajstić information content (AvgIpc) is 2.35. The van der Waals surface area contributed by atoms with E-state index in [1.54, 1.807) is 12.3 Å². The Kier molecular flexibility index (Phi) is 15.0. The van der Waals surface area contributed by atoms with Crippen molar-refractivity contribution >= 4 is 0 Å². The molecule has 3 nitrogen and oxygen atoms in total. The Morgan fingerprint density at radius 3 is 2.38 bits per heavy atom. The summed E-state index contributed by atoms with van der Waals surface area (Å²) in [5.74, 6) is 0. The maximum Gasteiger partial charge on any atom is 0.248 e. The standard InChI is InChI=1S/C9H14N2O.2C2H6/c1-2-4-10-7-8-3-5-11-9(12)6-8;2*1-2/h3,5-6,10H,2,4,7H2,1H3,(H,11,12);2*1-2H3. The molecule has 1 rings (SSSR count). The van der Waals surface area contributed by atoms with Crippen LogP contribution in [0.5, 0.6) is 0 Å². The monoisotopic (exact) mass is 226 g/mol. The summed E-state index contributed by atoms with van der Waals surface area (Å²) in [6.45, 7) is 11.9. The van der Waals surface area contributed by atoms with Crippen LogP contribution < -0.4 is 10.9 Å². The molecule has 0 aliphatic carbocycles. The van der Waals surface area contributed by atoms with E-state index in [9.17, 15) is 4.79 Å². The van der Waals surface area contributed by atoms with Crippen LogP contribution in [0, 0.1) is 0 Å². The first-order valence-electron chi connectivity index (χ1n) is 6.21. The molecule has 94 valence electrons. The molecular weight excluding hydrogens is 200 g/mol. The Labute approximate surface area is 99.3 Å².